The van der Waals surface area contributed by atoms with Gasteiger partial charge in [-0.3, -0.25) is 4.79 Å². The van der Waals surface area contributed by atoms with E-state index in [0.717, 1.165) is 38.5 Å². The molecule has 0 bridgehead atoms. The van der Waals surface area contributed by atoms with Gasteiger partial charge < -0.3 is 39.7 Å². The van der Waals surface area contributed by atoms with Crippen molar-refractivity contribution in [3.8, 4) is 0 Å². The molecule has 1 saturated heterocycles. The zero-order chi connectivity index (χ0) is 27.3. The van der Waals surface area contributed by atoms with Crippen LogP contribution in [0.4, 0.5) is 0 Å². The minimum atomic E-state index is -1.46. The zero-order valence-electron chi connectivity index (χ0n) is 22.8. The molecule has 0 amide bonds. The van der Waals surface area contributed by atoms with E-state index in [2.05, 4.69) is 26.8 Å². The van der Waals surface area contributed by atoms with Gasteiger partial charge in [0.2, 0.25) is 0 Å². The summed E-state index contributed by atoms with van der Waals surface area (Å²) in [7, 11) is 0. The first-order valence-corrected chi connectivity index (χ1v) is 13.7. The van der Waals surface area contributed by atoms with Crippen molar-refractivity contribution in [2.45, 2.75) is 116 Å². The number of fused-ring (bicyclic) bond motifs is 3. The molecule has 4 aliphatic rings. The molecule has 0 spiro atoms. The van der Waals surface area contributed by atoms with Crippen molar-refractivity contribution in [3.05, 3.63) is 11.6 Å². The van der Waals surface area contributed by atoms with Gasteiger partial charge in [0.25, 0.3) is 0 Å². The maximum atomic E-state index is 11.2. The Labute approximate surface area is 219 Å². The van der Waals surface area contributed by atoms with Gasteiger partial charge in [-0.15, -0.1) is 0 Å². The molecule has 1 aliphatic heterocycles. The van der Waals surface area contributed by atoms with Gasteiger partial charge in [-0.25, -0.2) is 0 Å². The first-order valence-electron chi connectivity index (χ1n) is 13.7. The van der Waals surface area contributed by atoms with Crippen LogP contribution >= 0.6 is 0 Å². The number of carbonyl (C=O) groups excluding carboxylic acids is 1. The van der Waals surface area contributed by atoms with Crippen LogP contribution in [-0.2, 0) is 19.0 Å². The topological polar surface area (TPSA) is 146 Å². The maximum absolute atomic E-state index is 11.2. The molecule has 0 radical (unpaired) electrons. The summed E-state index contributed by atoms with van der Waals surface area (Å²) in [5, 5.41) is 51.2. The Morgan fingerprint density at radius 2 is 1.78 bits per heavy atom. The number of aliphatic hydroxyl groups is 5. The van der Waals surface area contributed by atoms with E-state index in [0.29, 0.717) is 11.8 Å². The number of allylic oxidation sites excluding steroid dienone is 1. The fourth-order valence-electron chi connectivity index (χ4n) is 7.96. The normalized spacial score (nSPS) is 46.3. The molecule has 11 unspecified atom stereocenters. The number of rotatable bonds is 6. The Morgan fingerprint density at radius 3 is 2.43 bits per heavy atom. The van der Waals surface area contributed by atoms with Crippen LogP contribution in [0.3, 0.4) is 0 Å². The number of aliphatic hydroxyl groups excluding tert-OH is 5. The van der Waals surface area contributed by atoms with E-state index in [1.54, 1.807) is 0 Å². The molecule has 3 fully saturated rings. The highest BCUT2D eigenvalue weighted by Crippen LogP contribution is 2.64. The summed E-state index contributed by atoms with van der Waals surface area (Å²) in [6.07, 6.45) is 0.254. The molecule has 11 atom stereocenters. The van der Waals surface area contributed by atoms with E-state index in [4.69, 9.17) is 14.2 Å². The molecule has 5 N–H and O–H groups in total. The summed E-state index contributed by atoms with van der Waals surface area (Å²) in [6, 6.07) is 0. The highest BCUT2D eigenvalue weighted by molar-refractivity contribution is 5.65. The third-order valence-corrected chi connectivity index (χ3v) is 10.3. The van der Waals surface area contributed by atoms with Gasteiger partial charge in [-0.2, -0.15) is 0 Å². The van der Waals surface area contributed by atoms with E-state index in [9.17, 15) is 30.3 Å². The number of ether oxygens (including phenoxy) is 3. The van der Waals surface area contributed by atoms with E-state index in [1.807, 2.05) is 6.92 Å². The molecule has 2 saturated carbocycles. The molecular weight excluding hydrogens is 480 g/mol. The van der Waals surface area contributed by atoms with Crippen molar-refractivity contribution in [3.63, 3.8) is 0 Å². The molecule has 212 valence electrons. The lowest BCUT2D eigenvalue weighted by Crippen LogP contribution is -2.62. The third-order valence-electron chi connectivity index (χ3n) is 10.3. The van der Waals surface area contributed by atoms with Crippen molar-refractivity contribution >= 4 is 5.97 Å². The predicted molar refractivity (Wildman–Crippen MR) is 134 cm³/mol. The van der Waals surface area contributed by atoms with Gasteiger partial charge in [0, 0.05) is 12.3 Å². The Bertz CT molecular complexity index is 872. The standard InChI is InChI=1S/C28H46O9/c1-15(30)35-14-20(31)27(4)10-8-17-16(12-27)6-7-19-26(2,3)21(9-11-28(17,19)5)37-25-24(34)23(33)22(32)18(13-29)36-25/h12,17-25,29,31-34H,6-11,13-14H2,1-5H3. The first-order chi connectivity index (χ1) is 17.2. The van der Waals surface area contributed by atoms with Gasteiger partial charge in [-0.05, 0) is 61.2 Å². The predicted octanol–water partition coefficient (Wildman–Crippen LogP) is 1.67. The minimum Gasteiger partial charge on any atom is -0.463 e. The fourth-order valence-corrected chi connectivity index (χ4v) is 7.96. The van der Waals surface area contributed by atoms with Gasteiger partial charge in [0.05, 0.1) is 18.8 Å². The van der Waals surface area contributed by atoms with E-state index >= 15 is 0 Å². The van der Waals surface area contributed by atoms with Gasteiger partial charge >= 0.3 is 5.97 Å². The van der Waals surface area contributed by atoms with Crippen LogP contribution in [0.15, 0.2) is 11.6 Å². The van der Waals surface area contributed by atoms with E-state index in [1.165, 1.54) is 12.5 Å². The molecular formula is C28H46O9. The van der Waals surface area contributed by atoms with E-state index in [-0.39, 0.29) is 29.5 Å². The van der Waals surface area contributed by atoms with Crippen LogP contribution in [0.5, 0.6) is 0 Å². The molecule has 37 heavy (non-hydrogen) atoms. The Balaban J connectivity index is 1.50. The molecule has 9 heteroatoms. The lowest BCUT2D eigenvalue weighted by molar-refractivity contribution is -0.327. The monoisotopic (exact) mass is 526 g/mol. The summed E-state index contributed by atoms with van der Waals surface area (Å²) in [4.78, 5) is 11.2. The van der Waals surface area contributed by atoms with Crippen LogP contribution in [0.1, 0.15) is 73.1 Å². The van der Waals surface area contributed by atoms with Crippen LogP contribution in [0.25, 0.3) is 0 Å². The highest BCUT2D eigenvalue weighted by Gasteiger charge is 2.59. The Kier molecular flexibility index (Phi) is 8.20. The first kappa shape index (κ1) is 28.9. The molecule has 0 aromatic rings. The summed E-state index contributed by atoms with van der Waals surface area (Å²) in [5.74, 6) is 0.357. The molecule has 1 heterocycles. The number of hydrogen-bond donors (Lipinski definition) is 5. The maximum Gasteiger partial charge on any atom is 0.302 e. The lowest BCUT2D eigenvalue weighted by atomic mass is 9.45. The van der Waals surface area contributed by atoms with Crippen molar-refractivity contribution in [2.24, 2.45) is 28.1 Å². The second-order valence-electron chi connectivity index (χ2n) is 12.9. The average molecular weight is 527 g/mol. The Hall–Kier alpha value is -1.07. The van der Waals surface area contributed by atoms with E-state index < -0.39 is 48.8 Å². The van der Waals surface area contributed by atoms with Crippen LogP contribution in [0.2, 0.25) is 0 Å². The van der Waals surface area contributed by atoms with Crippen molar-refractivity contribution in [1.82, 2.24) is 0 Å². The fraction of sp³-hybridized carbons (Fsp3) is 0.893. The van der Waals surface area contributed by atoms with Gasteiger partial charge in [-0.1, -0.05) is 39.3 Å². The second-order valence-corrected chi connectivity index (χ2v) is 12.9. The molecule has 9 nitrogen and oxygen atoms in total. The number of esters is 1. The highest BCUT2D eigenvalue weighted by atomic mass is 16.7. The van der Waals surface area contributed by atoms with Crippen molar-refractivity contribution in [1.29, 1.82) is 0 Å². The van der Waals surface area contributed by atoms with Crippen molar-refractivity contribution in [2.75, 3.05) is 13.2 Å². The minimum absolute atomic E-state index is 0.00414. The molecule has 0 aromatic heterocycles. The summed E-state index contributed by atoms with van der Waals surface area (Å²) in [6.45, 7) is 9.70. The zero-order valence-corrected chi connectivity index (χ0v) is 22.8. The van der Waals surface area contributed by atoms with Gasteiger partial charge in [0.1, 0.15) is 31.0 Å². The lowest BCUT2D eigenvalue weighted by Gasteiger charge is -2.62. The SMILES string of the molecule is CC(=O)OCC(O)C1(C)C=C2CCC3C(C)(C)C(OC4OC(CO)C(O)C(O)C4O)CCC3(C)C2CC1. The third kappa shape index (κ3) is 5.13. The molecule has 4 rings (SSSR count). The molecule has 3 aliphatic carbocycles. The van der Waals surface area contributed by atoms with Crippen LogP contribution < -0.4 is 0 Å². The molecule has 0 aromatic carbocycles. The average Bonchev–Trinajstić information content (AvgIpc) is 2.83. The smallest absolute Gasteiger partial charge is 0.302 e. The second kappa shape index (κ2) is 10.5. The number of carbonyl (C=O) groups is 1. The summed E-state index contributed by atoms with van der Waals surface area (Å²) >= 11 is 0. The van der Waals surface area contributed by atoms with Gasteiger partial charge in [0.15, 0.2) is 6.29 Å². The van der Waals surface area contributed by atoms with Crippen molar-refractivity contribution < 1.29 is 44.5 Å². The number of hydrogen-bond acceptors (Lipinski definition) is 9. The van der Waals surface area contributed by atoms with Crippen LogP contribution in [-0.4, -0.2) is 87.6 Å². The van der Waals surface area contributed by atoms with Crippen LogP contribution in [0, 0.1) is 28.1 Å². The summed E-state index contributed by atoms with van der Waals surface area (Å²) in [5.41, 5.74) is 0.764. The quantitative estimate of drug-likeness (QED) is 0.198. The largest absolute Gasteiger partial charge is 0.463 e. The Morgan fingerprint density at radius 1 is 1.08 bits per heavy atom. The summed E-state index contributed by atoms with van der Waals surface area (Å²) < 4.78 is 17.1.